The highest BCUT2D eigenvalue weighted by Crippen LogP contribution is 2.41. The van der Waals surface area contributed by atoms with Crippen molar-refractivity contribution < 1.29 is 18.3 Å². The van der Waals surface area contributed by atoms with Gasteiger partial charge in [-0.3, -0.25) is 4.79 Å². The van der Waals surface area contributed by atoms with E-state index in [9.17, 15) is 18.4 Å². The van der Waals surface area contributed by atoms with Crippen molar-refractivity contribution >= 4 is 16.9 Å². The van der Waals surface area contributed by atoms with E-state index in [1.54, 1.807) is 18.4 Å². The predicted octanol–water partition coefficient (Wildman–Crippen LogP) is 2.91. The molecule has 2 atom stereocenters. The highest BCUT2D eigenvalue weighted by molar-refractivity contribution is 5.94. The Balaban J connectivity index is 2.33. The first kappa shape index (κ1) is 14.7. The summed E-state index contributed by atoms with van der Waals surface area (Å²) in [7, 11) is 0. The van der Waals surface area contributed by atoms with E-state index in [4.69, 9.17) is 4.74 Å². The van der Waals surface area contributed by atoms with Crippen molar-refractivity contribution in [1.29, 1.82) is 0 Å². The molecule has 22 heavy (non-hydrogen) atoms. The van der Waals surface area contributed by atoms with Gasteiger partial charge in [-0.15, -0.1) is 0 Å². The molecule has 0 amide bonds. The third-order valence-corrected chi connectivity index (χ3v) is 3.81. The van der Waals surface area contributed by atoms with Crippen LogP contribution in [-0.2, 0) is 4.74 Å². The van der Waals surface area contributed by atoms with Crippen LogP contribution in [-0.4, -0.2) is 23.3 Å². The number of halogens is 2. The minimum absolute atomic E-state index is 0.0714. The van der Waals surface area contributed by atoms with Crippen LogP contribution in [0.5, 0.6) is 0 Å². The molecule has 0 radical (unpaired) electrons. The van der Waals surface area contributed by atoms with E-state index in [2.05, 4.69) is 0 Å². The van der Waals surface area contributed by atoms with Crippen LogP contribution in [0.2, 0.25) is 0 Å². The van der Waals surface area contributed by atoms with E-state index in [0.717, 1.165) is 6.07 Å². The summed E-state index contributed by atoms with van der Waals surface area (Å²) in [6.07, 6.45) is 0.625. The van der Waals surface area contributed by atoms with Gasteiger partial charge in [-0.25, -0.2) is 13.6 Å². The number of hydrogen-bond donors (Lipinski definition) is 0. The summed E-state index contributed by atoms with van der Waals surface area (Å²) < 4.78 is 33.6. The predicted molar refractivity (Wildman–Crippen MR) is 77.4 cm³/mol. The number of carbonyl (C=O) groups is 1. The number of aromatic nitrogens is 1. The monoisotopic (exact) mass is 307 g/mol. The average Bonchev–Trinajstić information content (AvgIpc) is 3.16. The van der Waals surface area contributed by atoms with Crippen molar-refractivity contribution in [3.05, 3.63) is 45.5 Å². The second-order valence-corrected chi connectivity index (χ2v) is 5.44. The molecule has 3 rings (SSSR count). The van der Waals surface area contributed by atoms with Gasteiger partial charge >= 0.3 is 5.97 Å². The van der Waals surface area contributed by atoms with Crippen molar-refractivity contribution in [3.8, 4) is 0 Å². The Morgan fingerprint density at radius 1 is 1.45 bits per heavy atom. The molecule has 0 saturated heterocycles. The van der Waals surface area contributed by atoms with E-state index >= 15 is 0 Å². The quantitative estimate of drug-likeness (QED) is 0.819. The number of hydrogen-bond acceptors (Lipinski definition) is 3. The molecule has 6 heteroatoms. The number of rotatable bonds is 3. The van der Waals surface area contributed by atoms with Gasteiger partial charge in [0, 0.05) is 18.0 Å². The van der Waals surface area contributed by atoms with Gasteiger partial charge in [0.1, 0.15) is 17.6 Å². The van der Waals surface area contributed by atoms with Crippen LogP contribution in [0.15, 0.2) is 23.1 Å². The second kappa shape index (κ2) is 5.19. The number of alkyl halides is 1. The normalized spacial score (nSPS) is 20.2. The maximum atomic E-state index is 13.6. The molecule has 1 aromatic heterocycles. The summed E-state index contributed by atoms with van der Waals surface area (Å²) in [6.45, 7) is 3.40. The number of carbonyl (C=O) groups excluding carboxylic acids is 1. The molecule has 116 valence electrons. The molecule has 0 bridgehead atoms. The molecule has 1 aliphatic rings. The van der Waals surface area contributed by atoms with E-state index in [-0.39, 0.29) is 17.6 Å². The number of esters is 1. The van der Waals surface area contributed by atoms with E-state index in [1.165, 1.54) is 12.3 Å². The number of ether oxygens (including phenoxy) is 1. The van der Waals surface area contributed by atoms with Crippen molar-refractivity contribution in [1.82, 2.24) is 4.57 Å². The van der Waals surface area contributed by atoms with Gasteiger partial charge in [0.15, 0.2) is 0 Å². The lowest BCUT2D eigenvalue weighted by atomic mass is 10.1. The van der Waals surface area contributed by atoms with Crippen LogP contribution in [0.3, 0.4) is 0 Å². The highest BCUT2D eigenvalue weighted by atomic mass is 19.1. The van der Waals surface area contributed by atoms with E-state index in [0.29, 0.717) is 17.5 Å². The first-order valence-corrected chi connectivity index (χ1v) is 7.10. The highest BCUT2D eigenvalue weighted by Gasteiger charge is 2.40. The molecule has 1 fully saturated rings. The number of aryl methyl sites for hydroxylation is 1. The van der Waals surface area contributed by atoms with Gasteiger partial charge in [0.2, 0.25) is 5.43 Å². The largest absolute Gasteiger partial charge is 0.462 e. The van der Waals surface area contributed by atoms with Crippen molar-refractivity contribution in [3.63, 3.8) is 0 Å². The summed E-state index contributed by atoms with van der Waals surface area (Å²) in [4.78, 5) is 24.4. The fourth-order valence-electron chi connectivity index (χ4n) is 2.71. The summed E-state index contributed by atoms with van der Waals surface area (Å²) in [6, 6.07) is 1.94. The molecule has 0 unspecified atom stereocenters. The molecule has 2 aromatic rings. The van der Waals surface area contributed by atoms with Crippen LogP contribution in [0.25, 0.3) is 10.9 Å². The third-order valence-electron chi connectivity index (χ3n) is 3.81. The molecular weight excluding hydrogens is 292 g/mol. The standard InChI is InChI=1S/C16H15F2NO3/c1-3-22-16(21)11-7-19(13-6-12(13)18)14-8(2)4-9(17)5-10(14)15(11)20/h4-5,7,12-13H,3,6H2,1-2H3/t12-,13+/m0/s1. The Bertz CT molecular complexity index is 828. The Morgan fingerprint density at radius 2 is 2.14 bits per heavy atom. The molecule has 1 aliphatic carbocycles. The Kier molecular flexibility index (Phi) is 3.47. The van der Waals surface area contributed by atoms with Crippen molar-refractivity contribution in [2.45, 2.75) is 32.5 Å². The maximum absolute atomic E-state index is 13.6. The van der Waals surface area contributed by atoms with Gasteiger partial charge in [0.25, 0.3) is 0 Å². The second-order valence-electron chi connectivity index (χ2n) is 5.44. The molecular formula is C16H15F2NO3. The maximum Gasteiger partial charge on any atom is 0.343 e. The summed E-state index contributed by atoms with van der Waals surface area (Å²) >= 11 is 0. The average molecular weight is 307 g/mol. The fourth-order valence-corrected chi connectivity index (χ4v) is 2.71. The lowest BCUT2D eigenvalue weighted by molar-refractivity contribution is 0.0524. The van der Waals surface area contributed by atoms with Gasteiger partial charge < -0.3 is 9.30 Å². The molecule has 0 aliphatic heterocycles. The van der Waals surface area contributed by atoms with Crippen LogP contribution in [0.1, 0.15) is 35.3 Å². The SMILES string of the molecule is CCOC(=O)c1cn([C@@H]2C[C@@H]2F)c2c(C)cc(F)cc2c1=O. The number of pyridine rings is 1. The van der Waals surface area contributed by atoms with Crippen LogP contribution in [0, 0.1) is 12.7 Å². The fraction of sp³-hybridized carbons (Fsp3) is 0.375. The van der Waals surface area contributed by atoms with Gasteiger partial charge in [0.05, 0.1) is 18.2 Å². The first-order valence-electron chi connectivity index (χ1n) is 7.10. The van der Waals surface area contributed by atoms with E-state index < -0.39 is 29.4 Å². The number of benzene rings is 1. The molecule has 1 heterocycles. The zero-order valence-corrected chi connectivity index (χ0v) is 12.2. The van der Waals surface area contributed by atoms with Crippen molar-refractivity contribution in [2.24, 2.45) is 0 Å². The summed E-state index contributed by atoms with van der Waals surface area (Å²) in [5, 5.41) is 0.0714. The molecule has 0 N–H and O–H groups in total. The Morgan fingerprint density at radius 3 is 2.73 bits per heavy atom. The minimum Gasteiger partial charge on any atom is -0.462 e. The third kappa shape index (κ3) is 2.28. The molecule has 4 nitrogen and oxygen atoms in total. The number of fused-ring (bicyclic) bond motifs is 1. The zero-order chi connectivity index (χ0) is 16.0. The van der Waals surface area contributed by atoms with Crippen LogP contribution < -0.4 is 5.43 Å². The summed E-state index contributed by atoms with van der Waals surface area (Å²) in [5.74, 6) is -1.34. The lowest BCUT2D eigenvalue weighted by Gasteiger charge is -2.14. The zero-order valence-electron chi connectivity index (χ0n) is 12.2. The smallest absolute Gasteiger partial charge is 0.343 e. The molecule has 1 saturated carbocycles. The minimum atomic E-state index is -1.02. The van der Waals surface area contributed by atoms with Gasteiger partial charge in [-0.05, 0) is 31.5 Å². The van der Waals surface area contributed by atoms with Gasteiger partial charge in [-0.1, -0.05) is 0 Å². The van der Waals surface area contributed by atoms with Crippen LogP contribution in [0.4, 0.5) is 8.78 Å². The Labute approximate surface area is 125 Å². The van der Waals surface area contributed by atoms with E-state index in [1.807, 2.05) is 0 Å². The molecule has 0 spiro atoms. The Hall–Kier alpha value is -2.24. The van der Waals surface area contributed by atoms with Gasteiger partial charge in [-0.2, -0.15) is 0 Å². The number of nitrogens with zero attached hydrogens (tertiary/aromatic N) is 1. The summed E-state index contributed by atoms with van der Waals surface area (Å²) in [5.41, 5.74) is 0.202. The topological polar surface area (TPSA) is 48.3 Å². The van der Waals surface area contributed by atoms with Crippen molar-refractivity contribution in [2.75, 3.05) is 6.61 Å². The lowest BCUT2D eigenvalue weighted by Crippen LogP contribution is -2.21. The van der Waals surface area contributed by atoms with Crippen LogP contribution >= 0.6 is 0 Å². The molecule has 1 aromatic carbocycles. The first-order chi connectivity index (χ1) is 10.4.